The average Bonchev–Trinajstić information content (AvgIpc) is 2.74. The standard InChI is InChI=1S/C14H18BrN3/c1-10(2)16-9-12-4-5-13(8-14(12)15)18-7-6-11(3)17-18/h4-8,10,16H,9H2,1-3H3. The number of rotatable bonds is 4. The first-order valence-corrected chi connectivity index (χ1v) is 6.90. The van der Waals surface area contributed by atoms with Crippen molar-refractivity contribution in [3.63, 3.8) is 0 Å². The lowest BCUT2D eigenvalue weighted by Crippen LogP contribution is -2.22. The second-order valence-electron chi connectivity index (χ2n) is 4.71. The molecule has 0 aliphatic carbocycles. The molecule has 0 saturated carbocycles. The van der Waals surface area contributed by atoms with Crippen molar-refractivity contribution in [3.05, 3.63) is 46.2 Å². The molecule has 0 fully saturated rings. The minimum atomic E-state index is 0.491. The number of nitrogens with zero attached hydrogens (tertiary/aromatic N) is 2. The van der Waals surface area contributed by atoms with E-state index >= 15 is 0 Å². The van der Waals surface area contributed by atoms with Gasteiger partial charge in [0.2, 0.25) is 0 Å². The molecular weight excluding hydrogens is 290 g/mol. The molecule has 3 nitrogen and oxygen atoms in total. The van der Waals surface area contributed by atoms with Crippen molar-refractivity contribution in [3.8, 4) is 5.69 Å². The monoisotopic (exact) mass is 307 g/mol. The zero-order valence-electron chi connectivity index (χ0n) is 10.9. The van der Waals surface area contributed by atoms with Crippen LogP contribution in [-0.2, 0) is 6.54 Å². The number of nitrogens with one attached hydrogen (secondary N) is 1. The van der Waals surface area contributed by atoms with Crippen LogP contribution in [0, 0.1) is 6.92 Å². The number of hydrogen-bond donors (Lipinski definition) is 1. The van der Waals surface area contributed by atoms with Gasteiger partial charge in [-0.2, -0.15) is 5.10 Å². The Morgan fingerprint density at radius 1 is 1.33 bits per heavy atom. The Morgan fingerprint density at radius 2 is 2.11 bits per heavy atom. The summed E-state index contributed by atoms with van der Waals surface area (Å²) < 4.78 is 3.00. The van der Waals surface area contributed by atoms with E-state index in [1.807, 2.05) is 23.9 Å². The summed E-state index contributed by atoms with van der Waals surface area (Å²) in [5, 5.41) is 7.82. The van der Waals surface area contributed by atoms with Crippen LogP contribution in [0.5, 0.6) is 0 Å². The summed E-state index contributed by atoms with van der Waals surface area (Å²) in [4.78, 5) is 0. The van der Waals surface area contributed by atoms with E-state index in [-0.39, 0.29) is 0 Å². The van der Waals surface area contributed by atoms with Gasteiger partial charge >= 0.3 is 0 Å². The summed E-state index contributed by atoms with van der Waals surface area (Å²) in [5.74, 6) is 0. The van der Waals surface area contributed by atoms with Crippen molar-refractivity contribution < 1.29 is 0 Å². The van der Waals surface area contributed by atoms with E-state index in [9.17, 15) is 0 Å². The molecule has 0 aliphatic heterocycles. The average molecular weight is 308 g/mol. The lowest BCUT2D eigenvalue weighted by Gasteiger charge is -2.11. The number of benzene rings is 1. The Labute approximate surface area is 116 Å². The molecule has 1 aromatic carbocycles. The van der Waals surface area contributed by atoms with Gasteiger partial charge in [-0.1, -0.05) is 35.8 Å². The smallest absolute Gasteiger partial charge is 0.0657 e. The van der Waals surface area contributed by atoms with Gasteiger partial charge in [0.1, 0.15) is 0 Å². The van der Waals surface area contributed by atoms with Gasteiger partial charge in [0.05, 0.1) is 11.4 Å². The Balaban J connectivity index is 2.19. The third-order valence-corrected chi connectivity index (χ3v) is 3.46. The fraction of sp³-hybridized carbons (Fsp3) is 0.357. The third kappa shape index (κ3) is 3.21. The van der Waals surface area contributed by atoms with Gasteiger partial charge in [0, 0.05) is 23.3 Å². The highest BCUT2D eigenvalue weighted by Gasteiger charge is 2.04. The maximum absolute atomic E-state index is 4.41. The molecule has 0 saturated heterocycles. The zero-order valence-corrected chi connectivity index (χ0v) is 12.5. The van der Waals surface area contributed by atoms with Crippen molar-refractivity contribution in [1.82, 2.24) is 15.1 Å². The topological polar surface area (TPSA) is 29.9 Å². The van der Waals surface area contributed by atoms with E-state index in [0.717, 1.165) is 22.4 Å². The lowest BCUT2D eigenvalue weighted by molar-refractivity contribution is 0.588. The number of aromatic nitrogens is 2. The van der Waals surface area contributed by atoms with Crippen LogP contribution >= 0.6 is 15.9 Å². The van der Waals surface area contributed by atoms with Gasteiger partial charge in [-0.25, -0.2) is 4.68 Å². The molecule has 0 bridgehead atoms. The van der Waals surface area contributed by atoms with Crippen molar-refractivity contribution in [1.29, 1.82) is 0 Å². The minimum absolute atomic E-state index is 0.491. The fourth-order valence-electron chi connectivity index (χ4n) is 1.70. The second-order valence-corrected chi connectivity index (χ2v) is 5.57. The molecule has 0 atom stereocenters. The molecule has 0 spiro atoms. The normalized spacial score (nSPS) is 11.2. The van der Waals surface area contributed by atoms with Crippen LogP contribution in [-0.4, -0.2) is 15.8 Å². The number of aryl methyl sites for hydroxylation is 1. The quantitative estimate of drug-likeness (QED) is 0.937. The molecule has 18 heavy (non-hydrogen) atoms. The van der Waals surface area contributed by atoms with Crippen LogP contribution in [0.25, 0.3) is 5.69 Å². The van der Waals surface area contributed by atoms with Gasteiger partial charge in [0.25, 0.3) is 0 Å². The van der Waals surface area contributed by atoms with Gasteiger partial charge in [-0.3, -0.25) is 0 Å². The minimum Gasteiger partial charge on any atom is -0.310 e. The van der Waals surface area contributed by atoms with E-state index in [1.54, 1.807) is 0 Å². The highest BCUT2D eigenvalue weighted by Crippen LogP contribution is 2.21. The van der Waals surface area contributed by atoms with Gasteiger partial charge in [0.15, 0.2) is 0 Å². The largest absolute Gasteiger partial charge is 0.310 e. The van der Waals surface area contributed by atoms with Gasteiger partial charge < -0.3 is 5.32 Å². The predicted octanol–water partition coefficient (Wildman–Crippen LogP) is 3.44. The van der Waals surface area contributed by atoms with Crippen LogP contribution in [0.15, 0.2) is 34.9 Å². The molecule has 4 heteroatoms. The van der Waals surface area contributed by atoms with Crippen molar-refractivity contribution in [2.45, 2.75) is 33.4 Å². The molecule has 0 unspecified atom stereocenters. The second kappa shape index (κ2) is 5.67. The first kappa shape index (κ1) is 13.3. The summed E-state index contributed by atoms with van der Waals surface area (Å²) in [7, 11) is 0. The summed E-state index contributed by atoms with van der Waals surface area (Å²) in [5.41, 5.74) is 3.36. The fourth-order valence-corrected chi connectivity index (χ4v) is 2.20. The molecule has 0 aliphatic rings. The highest BCUT2D eigenvalue weighted by atomic mass is 79.9. The highest BCUT2D eigenvalue weighted by molar-refractivity contribution is 9.10. The summed E-state index contributed by atoms with van der Waals surface area (Å²) >= 11 is 3.62. The van der Waals surface area contributed by atoms with E-state index in [2.05, 4.69) is 58.4 Å². The Hall–Kier alpha value is -1.13. The zero-order chi connectivity index (χ0) is 13.1. The molecule has 1 heterocycles. The van der Waals surface area contributed by atoms with E-state index < -0.39 is 0 Å². The SMILES string of the molecule is Cc1ccn(-c2ccc(CNC(C)C)c(Br)c2)n1. The summed E-state index contributed by atoms with van der Waals surface area (Å²) in [6.45, 7) is 7.16. The molecule has 0 radical (unpaired) electrons. The molecular formula is C14H18BrN3. The maximum Gasteiger partial charge on any atom is 0.0657 e. The van der Waals surface area contributed by atoms with Crippen LogP contribution in [0.2, 0.25) is 0 Å². The van der Waals surface area contributed by atoms with Crippen molar-refractivity contribution in [2.75, 3.05) is 0 Å². The number of hydrogen-bond acceptors (Lipinski definition) is 2. The Bertz CT molecular complexity index is 532. The molecule has 0 amide bonds. The molecule has 2 rings (SSSR count). The van der Waals surface area contributed by atoms with E-state index in [1.165, 1.54) is 5.56 Å². The Morgan fingerprint density at radius 3 is 2.67 bits per heavy atom. The first-order valence-electron chi connectivity index (χ1n) is 6.10. The molecule has 1 N–H and O–H groups in total. The molecule has 2 aromatic rings. The van der Waals surface area contributed by atoms with Gasteiger partial charge in [-0.15, -0.1) is 0 Å². The van der Waals surface area contributed by atoms with Crippen LogP contribution < -0.4 is 5.32 Å². The van der Waals surface area contributed by atoms with Crippen molar-refractivity contribution >= 4 is 15.9 Å². The summed E-state index contributed by atoms with van der Waals surface area (Å²) in [6.07, 6.45) is 1.98. The Kier molecular flexibility index (Phi) is 4.19. The van der Waals surface area contributed by atoms with Crippen LogP contribution in [0.1, 0.15) is 25.1 Å². The van der Waals surface area contributed by atoms with E-state index in [0.29, 0.717) is 6.04 Å². The molecule has 96 valence electrons. The first-order chi connectivity index (χ1) is 8.56. The third-order valence-electron chi connectivity index (χ3n) is 2.72. The molecule has 1 aromatic heterocycles. The van der Waals surface area contributed by atoms with Crippen LogP contribution in [0.3, 0.4) is 0 Å². The lowest BCUT2D eigenvalue weighted by atomic mass is 10.2. The van der Waals surface area contributed by atoms with Gasteiger partial charge in [-0.05, 0) is 30.7 Å². The van der Waals surface area contributed by atoms with Crippen molar-refractivity contribution in [2.24, 2.45) is 0 Å². The van der Waals surface area contributed by atoms with E-state index in [4.69, 9.17) is 0 Å². The van der Waals surface area contributed by atoms with Crippen LogP contribution in [0.4, 0.5) is 0 Å². The predicted molar refractivity (Wildman–Crippen MR) is 78.0 cm³/mol. The number of halogens is 1. The maximum atomic E-state index is 4.41. The summed E-state index contributed by atoms with van der Waals surface area (Å²) in [6, 6.07) is 8.82.